The number of thiophene rings is 1. The summed E-state index contributed by atoms with van der Waals surface area (Å²) < 4.78 is 5.75. The third-order valence-electron chi connectivity index (χ3n) is 5.36. The van der Waals surface area contributed by atoms with E-state index < -0.39 is 0 Å². The second kappa shape index (κ2) is 7.89. The highest BCUT2D eigenvalue weighted by atomic mass is 32.1. The molecule has 0 N–H and O–H groups in total. The van der Waals surface area contributed by atoms with Gasteiger partial charge in [-0.05, 0) is 24.1 Å². The molecule has 4 heterocycles. The maximum absolute atomic E-state index is 5.75. The highest BCUT2D eigenvalue weighted by Crippen LogP contribution is 2.40. The molecule has 1 aliphatic rings. The van der Waals surface area contributed by atoms with E-state index in [9.17, 15) is 0 Å². The summed E-state index contributed by atoms with van der Waals surface area (Å²) in [6.07, 6.45) is 2.80. The average Bonchev–Trinajstić information content (AvgIpc) is 3.24. The number of rotatable bonds is 4. The van der Waals surface area contributed by atoms with E-state index in [1.54, 1.807) is 17.5 Å². The van der Waals surface area contributed by atoms with Crippen LogP contribution < -0.4 is 4.90 Å². The van der Waals surface area contributed by atoms with Crippen molar-refractivity contribution >= 4 is 27.4 Å². The van der Waals surface area contributed by atoms with Crippen molar-refractivity contribution < 1.29 is 4.74 Å². The lowest BCUT2D eigenvalue weighted by atomic mass is 10.0. The van der Waals surface area contributed by atoms with Gasteiger partial charge >= 0.3 is 0 Å². The first-order chi connectivity index (χ1) is 14.3. The fourth-order valence-electron chi connectivity index (χ4n) is 3.84. The van der Waals surface area contributed by atoms with E-state index in [1.807, 2.05) is 24.3 Å². The van der Waals surface area contributed by atoms with Gasteiger partial charge in [0, 0.05) is 23.7 Å². The van der Waals surface area contributed by atoms with E-state index in [0.29, 0.717) is 18.5 Å². The lowest BCUT2D eigenvalue weighted by molar-refractivity contribution is 0.0927. The van der Waals surface area contributed by atoms with Crippen LogP contribution in [0.1, 0.15) is 13.3 Å². The van der Waals surface area contributed by atoms with Gasteiger partial charge < -0.3 is 9.64 Å². The first kappa shape index (κ1) is 18.2. The molecular formula is C23H22N4OS. The number of anilines is 1. The highest BCUT2D eigenvalue weighted by molar-refractivity contribution is 7.17. The normalized spacial score (nSPS) is 17.0. The summed E-state index contributed by atoms with van der Waals surface area (Å²) >= 11 is 1.67. The Bertz CT molecular complexity index is 1110. The standard InChI is InChI=1S/C23H22N4OS/c1-2-17-14-28-13-12-27(17)22-20-18(16-8-4-3-5-9-16)15-29-23(20)26-21(25-22)19-10-6-7-11-24-19/h3-11,15,17H,2,12-14H2,1H3/t17-/m0/s1. The van der Waals surface area contributed by atoms with Gasteiger partial charge in [-0.15, -0.1) is 11.3 Å². The van der Waals surface area contributed by atoms with Crippen LogP contribution in [0.5, 0.6) is 0 Å². The minimum atomic E-state index is 0.307. The van der Waals surface area contributed by atoms with Crippen LogP contribution in [0.4, 0.5) is 5.82 Å². The molecule has 0 radical (unpaired) electrons. The molecule has 146 valence electrons. The minimum Gasteiger partial charge on any atom is -0.377 e. The van der Waals surface area contributed by atoms with E-state index in [0.717, 1.165) is 41.3 Å². The quantitative estimate of drug-likeness (QED) is 0.479. The Morgan fingerprint density at radius 3 is 2.76 bits per heavy atom. The smallest absolute Gasteiger partial charge is 0.181 e. The summed E-state index contributed by atoms with van der Waals surface area (Å²) in [5.74, 6) is 1.67. The first-order valence-corrected chi connectivity index (χ1v) is 10.8. The van der Waals surface area contributed by atoms with E-state index in [-0.39, 0.29) is 0 Å². The average molecular weight is 403 g/mol. The van der Waals surface area contributed by atoms with Crippen molar-refractivity contribution in [3.05, 3.63) is 60.1 Å². The largest absolute Gasteiger partial charge is 0.377 e. The van der Waals surface area contributed by atoms with Crippen molar-refractivity contribution in [1.82, 2.24) is 15.0 Å². The van der Waals surface area contributed by atoms with Crippen LogP contribution in [0.2, 0.25) is 0 Å². The summed E-state index contributed by atoms with van der Waals surface area (Å²) in [6.45, 7) is 4.48. The number of morpholine rings is 1. The zero-order chi connectivity index (χ0) is 19.6. The molecule has 4 aromatic rings. The summed E-state index contributed by atoms with van der Waals surface area (Å²) in [4.78, 5) is 17.8. The SMILES string of the molecule is CC[C@H]1COCCN1c1nc(-c2ccccn2)nc2scc(-c3ccccc3)c12. The molecule has 0 spiro atoms. The summed E-state index contributed by atoms with van der Waals surface area (Å²) in [6, 6.07) is 16.7. The van der Waals surface area contributed by atoms with Crippen LogP contribution in [0.15, 0.2) is 60.1 Å². The lowest BCUT2D eigenvalue weighted by Gasteiger charge is -2.36. The van der Waals surface area contributed by atoms with E-state index in [1.165, 1.54) is 11.1 Å². The monoisotopic (exact) mass is 402 g/mol. The van der Waals surface area contributed by atoms with Crippen LogP contribution in [0.25, 0.3) is 32.9 Å². The molecule has 1 fully saturated rings. The maximum Gasteiger partial charge on any atom is 0.181 e. The Labute approximate surface area is 174 Å². The second-order valence-corrected chi connectivity index (χ2v) is 7.97. The van der Waals surface area contributed by atoms with Crippen molar-refractivity contribution in [2.24, 2.45) is 0 Å². The van der Waals surface area contributed by atoms with Gasteiger partial charge in [0.1, 0.15) is 16.3 Å². The first-order valence-electron chi connectivity index (χ1n) is 9.95. The second-order valence-electron chi connectivity index (χ2n) is 7.11. The van der Waals surface area contributed by atoms with Crippen molar-refractivity contribution in [1.29, 1.82) is 0 Å². The molecular weight excluding hydrogens is 380 g/mol. The molecule has 1 aliphatic heterocycles. The minimum absolute atomic E-state index is 0.307. The van der Waals surface area contributed by atoms with E-state index in [2.05, 4.69) is 46.5 Å². The van der Waals surface area contributed by atoms with Crippen LogP contribution in [-0.2, 0) is 4.74 Å². The summed E-state index contributed by atoms with van der Waals surface area (Å²) in [5.41, 5.74) is 3.18. The summed E-state index contributed by atoms with van der Waals surface area (Å²) in [5, 5.41) is 3.32. The Morgan fingerprint density at radius 2 is 1.97 bits per heavy atom. The zero-order valence-electron chi connectivity index (χ0n) is 16.3. The lowest BCUT2D eigenvalue weighted by Crippen LogP contribution is -2.45. The number of aromatic nitrogens is 3. The van der Waals surface area contributed by atoms with Crippen molar-refractivity contribution in [3.8, 4) is 22.6 Å². The predicted molar refractivity (Wildman–Crippen MR) is 118 cm³/mol. The van der Waals surface area contributed by atoms with Crippen LogP contribution >= 0.6 is 11.3 Å². The number of nitrogens with zero attached hydrogens (tertiary/aromatic N) is 4. The molecule has 3 aromatic heterocycles. The molecule has 6 heteroatoms. The predicted octanol–water partition coefficient (Wildman–Crippen LogP) is 5.04. The number of hydrogen-bond donors (Lipinski definition) is 0. The van der Waals surface area contributed by atoms with Crippen LogP contribution in [0, 0.1) is 0 Å². The fourth-order valence-corrected chi connectivity index (χ4v) is 4.78. The Balaban J connectivity index is 1.75. The number of ether oxygens (including phenoxy) is 1. The molecule has 1 aromatic carbocycles. The number of pyridine rings is 1. The topological polar surface area (TPSA) is 51.1 Å². The van der Waals surface area contributed by atoms with Crippen molar-refractivity contribution in [2.75, 3.05) is 24.7 Å². The van der Waals surface area contributed by atoms with E-state index >= 15 is 0 Å². The zero-order valence-corrected chi connectivity index (χ0v) is 17.1. The van der Waals surface area contributed by atoms with Gasteiger partial charge in [0.2, 0.25) is 0 Å². The molecule has 0 aliphatic carbocycles. The van der Waals surface area contributed by atoms with Gasteiger partial charge in [0.15, 0.2) is 5.82 Å². The molecule has 1 atom stereocenters. The van der Waals surface area contributed by atoms with Gasteiger partial charge in [0.25, 0.3) is 0 Å². The highest BCUT2D eigenvalue weighted by Gasteiger charge is 2.27. The summed E-state index contributed by atoms with van der Waals surface area (Å²) in [7, 11) is 0. The Kier molecular flexibility index (Phi) is 4.96. The van der Waals surface area contributed by atoms with Gasteiger partial charge in [-0.1, -0.05) is 43.3 Å². The van der Waals surface area contributed by atoms with E-state index in [4.69, 9.17) is 14.7 Å². The molecule has 0 bridgehead atoms. The van der Waals surface area contributed by atoms with Gasteiger partial charge in [-0.25, -0.2) is 9.97 Å². The van der Waals surface area contributed by atoms with Gasteiger partial charge in [0.05, 0.1) is 24.6 Å². The van der Waals surface area contributed by atoms with Gasteiger partial charge in [-0.3, -0.25) is 4.98 Å². The molecule has 5 rings (SSSR count). The molecule has 0 unspecified atom stereocenters. The number of hydrogen-bond acceptors (Lipinski definition) is 6. The van der Waals surface area contributed by atoms with Crippen molar-refractivity contribution in [3.63, 3.8) is 0 Å². The van der Waals surface area contributed by atoms with Crippen LogP contribution in [0.3, 0.4) is 0 Å². The Morgan fingerprint density at radius 1 is 1.10 bits per heavy atom. The molecule has 1 saturated heterocycles. The van der Waals surface area contributed by atoms with Crippen LogP contribution in [-0.4, -0.2) is 40.8 Å². The Hall–Kier alpha value is -2.83. The molecule has 0 saturated carbocycles. The maximum atomic E-state index is 5.75. The molecule has 5 nitrogen and oxygen atoms in total. The molecule has 29 heavy (non-hydrogen) atoms. The number of fused-ring (bicyclic) bond motifs is 1. The number of benzene rings is 1. The van der Waals surface area contributed by atoms with Crippen molar-refractivity contribution in [2.45, 2.75) is 19.4 Å². The fraction of sp³-hybridized carbons (Fsp3) is 0.261. The third kappa shape index (κ3) is 3.39. The third-order valence-corrected chi connectivity index (χ3v) is 6.24. The van der Waals surface area contributed by atoms with Gasteiger partial charge in [-0.2, -0.15) is 0 Å². The molecule has 0 amide bonds.